The van der Waals surface area contributed by atoms with Crippen LogP contribution in [-0.4, -0.2) is 36.5 Å². The fourth-order valence-corrected chi connectivity index (χ4v) is 3.65. The predicted molar refractivity (Wildman–Crippen MR) is 73.6 cm³/mol. The van der Waals surface area contributed by atoms with Crippen LogP contribution in [0.15, 0.2) is 0 Å². The van der Waals surface area contributed by atoms with Crippen molar-refractivity contribution in [1.29, 1.82) is 0 Å². The van der Waals surface area contributed by atoms with Crippen LogP contribution in [0.1, 0.15) is 58.3 Å². The highest BCUT2D eigenvalue weighted by Crippen LogP contribution is 2.33. The number of aliphatic hydroxyl groups is 1. The van der Waals surface area contributed by atoms with E-state index >= 15 is 0 Å². The maximum atomic E-state index is 9.59. The Morgan fingerprint density at radius 2 is 2.00 bits per heavy atom. The standard InChI is InChI=1S/C15H29NO2/c1-12-5-3-6-13(9-12)18-14-7-4-8-15(10-14,11-17)16-2/h12-14,16-17H,3-11H2,1-2H3. The molecule has 106 valence electrons. The van der Waals surface area contributed by atoms with E-state index in [2.05, 4.69) is 12.2 Å². The predicted octanol–water partition coefficient (Wildman–Crippen LogP) is 2.47. The Balaban J connectivity index is 1.85. The summed E-state index contributed by atoms with van der Waals surface area (Å²) in [6, 6.07) is 0. The third-order valence-electron chi connectivity index (χ3n) is 4.91. The average Bonchev–Trinajstić information content (AvgIpc) is 2.39. The van der Waals surface area contributed by atoms with E-state index in [1.807, 2.05) is 7.05 Å². The van der Waals surface area contributed by atoms with Gasteiger partial charge in [-0.25, -0.2) is 0 Å². The molecule has 4 unspecified atom stereocenters. The summed E-state index contributed by atoms with van der Waals surface area (Å²) >= 11 is 0. The number of nitrogens with one attached hydrogen (secondary N) is 1. The second-order valence-electron chi connectivity index (χ2n) is 6.44. The minimum absolute atomic E-state index is 0.0940. The molecule has 0 spiro atoms. The number of hydrogen-bond donors (Lipinski definition) is 2. The molecule has 18 heavy (non-hydrogen) atoms. The minimum atomic E-state index is -0.0940. The van der Waals surface area contributed by atoms with Gasteiger partial charge >= 0.3 is 0 Å². The largest absolute Gasteiger partial charge is 0.394 e. The van der Waals surface area contributed by atoms with Crippen molar-refractivity contribution in [2.75, 3.05) is 13.7 Å². The smallest absolute Gasteiger partial charge is 0.0614 e. The summed E-state index contributed by atoms with van der Waals surface area (Å²) in [7, 11) is 1.96. The normalized spacial score (nSPS) is 41.8. The van der Waals surface area contributed by atoms with Crippen molar-refractivity contribution in [2.45, 2.75) is 76.0 Å². The Morgan fingerprint density at radius 1 is 1.22 bits per heavy atom. The molecule has 0 bridgehead atoms. The molecule has 2 aliphatic carbocycles. The first-order valence-electron chi connectivity index (χ1n) is 7.63. The van der Waals surface area contributed by atoms with E-state index in [1.165, 1.54) is 25.7 Å². The van der Waals surface area contributed by atoms with Gasteiger partial charge in [-0.3, -0.25) is 0 Å². The summed E-state index contributed by atoms with van der Waals surface area (Å²) in [5.74, 6) is 0.819. The fraction of sp³-hybridized carbons (Fsp3) is 1.00. The van der Waals surface area contributed by atoms with E-state index in [9.17, 15) is 5.11 Å². The van der Waals surface area contributed by atoms with Crippen molar-refractivity contribution in [3.8, 4) is 0 Å². The van der Waals surface area contributed by atoms with E-state index in [-0.39, 0.29) is 12.1 Å². The zero-order valence-electron chi connectivity index (χ0n) is 12.0. The summed E-state index contributed by atoms with van der Waals surface area (Å²) in [6.45, 7) is 2.56. The van der Waals surface area contributed by atoms with E-state index in [0.29, 0.717) is 12.2 Å². The van der Waals surface area contributed by atoms with Gasteiger partial charge in [0, 0.05) is 5.54 Å². The molecular weight excluding hydrogens is 226 g/mol. The zero-order chi connectivity index (χ0) is 13.0. The van der Waals surface area contributed by atoms with Gasteiger partial charge in [-0.05, 0) is 51.5 Å². The molecule has 0 heterocycles. The van der Waals surface area contributed by atoms with Gasteiger partial charge in [-0.1, -0.05) is 19.8 Å². The van der Waals surface area contributed by atoms with Gasteiger partial charge in [0.15, 0.2) is 0 Å². The average molecular weight is 255 g/mol. The first kappa shape index (κ1) is 14.3. The minimum Gasteiger partial charge on any atom is -0.394 e. The Hall–Kier alpha value is -0.120. The molecule has 0 aromatic carbocycles. The molecule has 2 rings (SSSR count). The molecule has 4 atom stereocenters. The van der Waals surface area contributed by atoms with E-state index < -0.39 is 0 Å². The number of hydrogen-bond acceptors (Lipinski definition) is 3. The maximum Gasteiger partial charge on any atom is 0.0614 e. The second-order valence-corrected chi connectivity index (χ2v) is 6.44. The Morgan fingerprint density at radius 3 is 2.67 bits per heavy atom. The quantitative estimate of drug-likeness (QED) is 0.811. The monoisotopic (exact) mass is 255 g/mol. The molecule has 0 aliphatic heterocycles. The molecule has 2 fully saturated rings. The summed E-state index contributed by atoms with van der Waals surface area (Å²) in [4.78, 5) is 0. The molecule has 2 aliphatic rings. The Labute approximate surface area is 111 Å². The van der Waals surface area contributed by atoms with Gasteiger partial charge in [-0.15, -0.1) is 0 Å². The van der Waals surface area contributed by atoms with E-state index in [1.54, 1.807) is 0 Å². The molecule has 3 nitrogen and oxygen atoms in total. The van der Waals surface area contributed by atoms with Crippen LogP contribution in [0.5, 0.6) is 0 Å². The van der Waals surface area contributed by atoms with Crippen molar-refractivity contribution >= 4 is 0 Å². The van der Waals surface area contributed by atoms with Crippen LogP contribution in [-0.2, 0) is 4.74 Å². The molecule has 0 aromatic rings. The third-order valence-corrected chi connectivity index (χ3v) is 4.91. The molecule has 2 saturated carbocycles. The van der Waals surface area contributed by atoms with E-state index in [4.69, 9.17) is 4.74 Å². The van der Waals surface area contributed by atoms with Crippen LogP contribution in [0, 0.1) is 5.92 Å². The summed E-state index contributed by atoms with van der Waals surface area (Å²) in [5, 5.41) is 12.9. The Bertz CT molecular complexity index is 253. The molecule has 0 amide bonds. The number of ether oxygens (including phenoxy) is 1. The number of rotatable bonds is 4. The van der Waals surface area contributed by atoms with Crippen LogP contribution < -0.4 is 5.32 Å². The van der Waals surface area contributed by atoms with Gasteiger partial charge in [0.1, 0.15) is 0 Å². The summed E-state index contributed by atoms with van der Waals surface area (Å²) in [6.07, 6.45) is 10.3. The van der Waals surface area contributed by atoms with E-state index in [0.717, 1.165) is 31.6 Å². The van der Waals surface area contributed by atoms with Crippen LogP contribution in [0.4, 0.5) is 0 Å². The lowest BCUT2D eigenvalue weighted by Gasteiger charge is -2.41. The van der Waals surface area contributed by atoms with Gasteiger partial charge in [-0.2, -0.15) is 0 Å². The van der Waals surface area contributed by atoms with Crippen LogP contribution in [0.3, 0.4) is 0 Å². The molecule has 0 aromatic heterocycles. The Kier molecular flexibility index (Phi) is 5.05. The van der Waals surface area contributed by atoms with Crippen molar-refractivity contribution in [2.24, 2.45) is 5.92 Å². The molecular formula is C15H29NO2. The maximum absolute atomic E-state index is 9.59. The van der Waals surface area contributed by atoms with Crippen LogP contribution in [0.2, 0.25) is 0 Å². The van der Waals surface area contributed by atoms with Crippen LogP contribution >= 0.6 is 0 Å². The summed E-state index contributed by atoms with van der Waals surface area (Å²) in [5.41, 5.74) is -0.0940. The highest BCUT2D eigenvalue weighted by atomic mass is 16.5. The molecule has 0 saturated heterocycles. The molecule has 3 heteroatoms. The van der Waals surface area contributed by atoms with Crippen molar-refractivity contribution in [3.05, 3.63) is 0 Å². The van der Waals surface area contributed by atoms with Crippen molar-refractivity contribution < 1.29 is 9.84 Å². The highest BCUT2D eigenvalue weighted by Gasteiger charge is 2.36. The van der Waals surface area contributed by atoms with Crippen molar-refractivity contribution in [1.82, 2.24) is 5.32 Å². The lowest BCUT2D eigenvalue weighted by Crippen LogP contribution is -2.52. The van der Waals surface area contributed by atoms with Gasteiger partial charge in [0.2, 0.25) is 0 Å². The summed E-state index contributed by atoms with van der Waals surface area (Å²) < 4.78 is 6.31. The lowest BCUT2D eigenvalue weighted by atomic mass is 9.80. The molecule has 0 radical (unpaired) electrons. The topological polar surface area (TPSA) is 41.5 Å². The zero-order valence-corrected chi connectivity index (χ0v) is 12.0. The SMILES string of the molecule is CNC1(CO)CCCC(OC2CCCC(C)C2)C1. The first-order valence-corrected chi connectivity index (χ1v) is 7.63. The number of aliphatic hydroxyl groups excluding tert-OH is 1. The molecule has 2 N–H and O–H groups in total. The fourth-order valence-electron chi connectivity index (χ4n) is 3.65. The van der Waals surface area contributed by atoms with Gasteiger partial charge in [0.05, 0.1) is 18.8 Å². The second kappa shape index (κ2) is 6.36. The third kappa shape index (κ3) is 3.46. The van der Waals surface area contributed by atoms with Gasteiger partial charge < -0.3 is 15.2 Å². The highest BCUT2D eigenvalue weighted by molar-refractivity contribution is 4.93. The lowest BCUT2D eigenvalue weighted by molar-refractivity contribution is -0.0736. The van der Waals surface area contributed by atoms with Crippen LogP contribution in [0.25, 0.3) is 0 Å². The van der Waals surface area contributed by atoms with Gasteiger partial charge in [0.25, 0.3) is 0 Å². The number of likely N-dealkylation sites (N-methyl/N-ethyl adjacent to an activating group) is 1. The first-order chi connectivity index (χ1) is 8.67. The van der Waals surface area contributed by atoms with Crippen molar-refractivity contribution in [3.63, 3.8) is 0 Å².